The van der Waals surface area contributed by atoms with Crippen LogP contribution in [0.3, 0.4) is 0 Å². The molecule has 5 heteroatoms. The normalized spacial score (nSPS) is 17.1. The Morgan fingerprint density at radius 3 is 2.94 bits per heavy atom. The average Bonchev–Trinajstić information content (AvgIpc) is 2.94. The molecule has 0 spiro atoms. The van der Waals surface area contributed by atoms with Gasteiger partial charge in [-0.3, -0.25) is 4.98 Å². The van der Waals surface area contributed by atoms with Crippen molar-refractivity contribution < 1.29 is 19.1 Å². The molecule has 0 saturated heterocycles. The maximum Gasteiger partial charge on any atom is 0.343 e. The lowest BCUT2D eigenvalue weighted by atomic mass is 10.2. The van der Waals surface area contributed by atoms with Gasteiger partial charge in [-0.1, -0.05) is 0 Å². The third-order valence-electron chi connectivity index (χ3n) is 3.01. The second-order valence-electron chi connectivity index (χ2n) is 4.24. The fourth-order valence-electron chi connectivity index (χ4n) is 1.81. The molecule has 1 aliphatic rings. The van der Waals surface area contributed by atoms with E-state index < -0.39 is 11.6 Å². The molecule has 1 fully saturated rings. The lowest BCUT2D eigenvalue weighted by molar-refractivity contribution is 0.0600. The molecule has 0 atom stereocenters. The number of fused-ring (bicyclic) bond motifs is 1. The first kappa shape index (κ1) is 10.3. The number of carbonyl (C=O) groups excluding carboxylic acids is 1. The van der Waals surface area contributed by atoms with Crippen LogP contribution in [0, 0.1) is 0 Å². The molecule has 2 aromatic rings. The van der Waals surface area contributed by atoms with Crippen LogP contribution in [0.5, 0.6) is 0 Å². The summed E-state index contributed by atoms with van der Waals surface area (Å²) >= 11 is 0. The van der Waals surface area contributed by atoms with E-state index >= 15 is 0 Å². The van der Waals surface area contributed by atoms with E-state index in [-0.39, 0.29) is 5.56 Å². The molecule has 1 aliphatic carbocycles. The van der Waals surface area contributed by atoms with Gasteiger partial charge < -0.3 is 14.3 Å². The van der Waals surface area contributed by atoms with Crippen LogP contribution in [0.4, 0.5) is 0 Å². The van der Waals surface area contributed by atoms with Gasteiger partial charge >= 0.3 is 5.97 Å². The molecule has 0 radical (unpaired) electrons. The Kier molecular flexibility index (Phi) is 2.00. The molecule has 88 valence electrons. The number of hydrogen-bond acceptors (Lipinski definition) is 5. The summed E-state index contributed by atoms with van der Waals surface area (Å²) in [6.45, 7) is 0. The van der Waals surface area contributed by atoms with Crippen LogP contribution in [0.1, 0.15) is 29.0 Å². The summed E-state index contributed by atoms with van der Waals surface area (Å²) < 4.78 is 10.2. The summed E-state index contributed by atoms with van der Waals surface area (Å²) in [5, 5.41) is 10.7. The molecule has 3 rings (SSSR count). The zero-order valence-electron chi connectivity index (χ0n) is 9.27. The van der Waals surface area contributed by atoms with Gasteiger partial charge in [0.2, 0.25) is 0 Å². The molecule has 0 amide bonds. The van der Waals surface area contributed by atoms with E-state index in [9.17, 15) is 9.90 Å². The number of methoxy groups -OCH3 is 1. The Hall–Kier alpha value is -1.88. The smallest absolute Gasteiger partial charge is 0.343 e. The van der Waals surface area contributed by atoms with E-state index in [0.29, 0.717) is 29.6 Å². The lowest BCUT2D eigenvalue weighted by Gasteiger charge is -2.01. The number of nitrogens with zero attached hydrogens (tertiary/aromatic N) is 1. The van der Waals surface area contributed by atoms with Gasteiger partial charge in [-0.05, 0) is 18.9 Å². The molecule has 0 aliphatic heterocycles. The average molecular weight is 233 g/mol. The first-order chi connectivity index (χ1) is 8.14. The van der Waals surface area contributed by atoms with Gasteiger partial charge in [-0.25, -0.2) is 4.79 Å². The Labute approximate surface area is 97.0 Å². The third-order valence-corrected chi connectivity index (χ3v) is 3.01. The second kappa shape index (κ2) is 3.30. The molecular formula is C12H11NO4. The Bertz CT molecular complexity index is 598. The predicted octanol–water partition coefficient (Wildman–Crippen LogP) is 1.60. The van der Waals surface area contributed by atoms with E-state index in [4.69, 9.17) is 4.42 Å². The topological polar surface area (TPSA) is 72.6 Å². The molecule has 1 N–H and O–H groups in total. The number of carbonyl (C=O) groups is 1. The Morgan fingerprint density at radius 2 is 2.29 bits per heavy atom. The minimum Gasteiger partial charge on any atom is -0.465 e. The van der Waals surface area contributed by atoms with Gasteiger partial charge in [-0.15, -0.1) is 0 Å². The quantitative estimate of drug-likeness (QED) is 0.797. The molecule has 17 heavy (non-hydrogen) atoms. The first-order valence-electron chi connectivity index (χ1n) is 5.33. The molecule has 1 saturated carbocycles. The maximum atomic E-state index is 11.5. The SMILES string of the molecule is COC(=O)c1cncc2cc(C3(O)CC3)oc12. The van der Waals surface area contributed by atoms with Gasteiger partial charge in [0, 0.05) is 17.8 Å². The predicted molar refractivity (Wildman–Crippen MR) is 58.5 cm³/mol. The first-order valence-corrected chi connectivity index (χ1v) is 5.33. The zero-order valence-corrected chi connectivity index (χ0v) is 9.27. The third kappa shape index (κ3) is 1.51. The van der Waals surface area contributed by atoms with Crippen LogP contribution < -0.4 is 0 Å². The molecule has 0 aromatic carbocycles. The number of aliphatic hydroxyl groups is 1. The van der Waals surface area contributed by atoms with Gasteiger partial charge in [0.15, 0.2) is 5.58 Å². The summed E-state index contributed by atoms with van der Waals surface area (Å²) in [4.78, 5) is 15.5. The minimum atomic E-state index is -0.855. The van der Waals surface area contributed by atoms with Crippen molar-refractivity contribution in [3.8, 4) is 0 Å². The van der Waals surface area contributed by atoms with Crippen molar-refractivity contribution in [1.29, 1.82) is 0 Å². The highest BCUT2D eigenvalue weighted by atomic mass is 16.5. The molecule has 0 unspecified atom stereocenters. The molecular weight excluding hydrogens is 222 g/mol. The highest BCUT2D eigenvalue weighted by Gasteiger charge is 2.45. The zero-order chi connectivity index (χ0) is 12.0. The van der Waals surface area contributed by atoms with Crippen LogP contribution in [-0.4, -0.2) is 23.2 Å². The minimum absolute atomic E-state index is 0.278. The fourth-order valence-corrected chi connectivity index (χ4v) is 1.81. The van der Waals surface area contributed by atoms with Crippen LogP contribution in [-0.2, 0) is 10.3 Å². The number of furan rings is 1. The summed E-state index contributed by atoms with van der Waals surface area (Å²) in [5.74, 6) is -0.00237. The Balaban J connectivity index is 2.18. The van der Waals surface area contributed by atoms with Gasteiger partial charge in [0.1, 0.15) is 16.9 Å². The number of esters is 1. The van der Waals surface area contributed by atoms with E-state index in [1.54, 1.807) is 12.3 Å². The summed E-state index contributed by atoms with van der Waals surface area (Å²) in [5.41, 5.74) is -0.158. The molecule has 2 heterocycles. The van der Waals surface area contributed by atoms with Crippen molar-refractivity contribution in [2.75, 3.05) is 7.11 Å². The van der Waals surface area contributed by atoms with E-state index in [2.05, 4.69) is 9.72 Å². The van der Waals surface area contributed by atoms with Crippen LogP contribution in [0.15, 0.2) is 22.9 Å². The number of ether oxygens (including phenoxy) is 1. The summed E-state index contributed by atoms with van der Waals surface area (Å²) in [7, 11) is 1.31. The van der Waals surface area contributed by atoms with Crippen LogP contribution in [0.2, 0.25) is 0 Å². The fraction of sp³-hybridized carbons (Fsp3) is 0.333. The standard InChI is InChI=1S/C12H11NO4/c1-16-11(14)8-6-13-5-7-4-9(17-10(7)8)12(15)2-3-12/h4-6,15H,2-3H2,1H3. The van der Waals surface area contributed by atoms with Crippen molar-refractivity contribution >= 4 is 16.9 Å². The van der Waals surface area contributed by atoms with Crippen LogP contribution in [0.25, 0.3) is 11.0 Å². The second-order valence-corrected chi connectivity index (χ2v) is 4.24. The van der Waals surface area contributed by atoms with E-state index in [1.807, 2.05) is 0 Å². The maximum absolute atomic E-state index is 11.5. The van der Waals surface area contributed by atoms with Crippen molar-refractivity contribution in [3.63, 3.8) is 0 Å². The van der Waals surface area contributed by atoms with Crippen molar-refractivity contribution in [1.82, 2.24) is 4.98 Å². The monoisotopic (exact) mass is 233 g/mol. The molecule has 5 nitrogen and oxygen atoms in total. The van der Waals surface area contributed by atoms with Crippen molar-refractivity contribution in [3.05, 3.63) is 29.8 Å². The van der Waals surface area contributed by atoms with Gasteiger partial charge in [-0.2, -0.15) is 0 Å². The van der Waals surface area contributed by atoms with Gasteiger partial charge in [0.05, 0.1) is 7.11 Å². The molecule has 0 bridgehead atoms. The number of hydrogen-bond donors (Lipinski definition) is 1. The Morgan fingerprint density at radius 1 is 1.53 bits per heavy atom. The van der Waals surface area contributed by atoms with Crippen molar-refractivity contribution in [2.45, 2.75) is 18.4 Å². The highest BCUT2D eigenvalue weighted by molar-refractivity contribution is 6.01. The number of pyridine rings is 1. The number of aromatic nitrogens is 1. The number of rotatable bonds is 2. The lowest BCUT2D eigenvalue weighted by Crippen LogP contribution is -2.02. The van der Waals surface area contributed by atoms with Gasteiger partial charge in [0.25, 0.3) is 0 Å². The van der Waals surface area contributed by atoms with Crippen molar-refractivity contribution in [2.24, 2.45) is 0 Å². The summed E-state index contributed by atoms with van der Waals surface area (Å²) in [6.07, 6.45) is 4.38. The van der Waals surface area contributed by atoms with E-state index in [1.165, 1.54) is 13.3 Å². The van der Waals surface area contributed by atoms with Crippen LogP contribution >= 0.6 is 0 Å². The largest absolute Gasteiger partial charge is 0.465 e. The summed E-state index contributed by atoms with van der Waals surface area (Å²) in [6, 6.07) is 1.72. The molecule has 2 aromatic heterocycles. The highest BCUT2D eigenvalue weighted by Crippen LogP contribution is 2.47. The van der Waals surface area contributed by atoms with E-state index in [0.717, 1.165) is 0 Å².